The standard InChI is InChI=1S/C9H10ClIO/c1-6(2)12-7-3-4-8(10)9(11)5-7/h3-6H,1-2H3. The third-order valence-corrected chi connectivity index (χ3v) is 2.80. The van der Waals surface area contributed by atoms with Gasteiger partial charge in [-0.2, -0.15) is 0 Å². The Morgan fingerprint density at radius 1 is 1.42 bits per heavy atom. The first-order chi connectivity index (χ1) is 5.59. The van der Waals surface area contributed by atoms with Gasteiger partial charge in [-0.25, -0.2) is 0 Å². The maximum atomic E-state index is 5.85. The molecule has 1 rings (SSSR count). The molecule has 0 aliphatic carbocycles. The van der Waals surface area contributed by atoms with Crippen LogP contribution in [0.15, 0.2) is 18.2 Å². The summed E-state index contributed by atoms with van der Waals surface area (Å²) in [4.78, 5) is 0. The first-order valence-electron chi connectivity index (χ1n) is 3.71. The molecule has 0 aliphatic heterocycles. The van der Waals surface area contributed by atoms with Crippen LogP contribution in [0.5, 0.6) is 5.75 Å². The van der Waals surface area contributed by atoms with Crippen LogP contribution in [0.3, 0.4) is 0 Å². The van der Waals surface area contributed by atoms with Crippen LogP contribution in [0, 0.1) is 3.57 Å². The minimum atomic E-state index is 0.210. The molecule has 0 aliphatic rings. The van der Waals surface area contributed by atoms with E-state index < -0.39 is 0 Å². The van der Waals surface area contributed by atoms with E-state index >= 15 is 0 Å². The van der Waals surface area contributed by atoms with Crippen LogP contribution >= 0.6 is 34.2 Å². The normalized spacial score (nSPS) is 10.4. The van der Waals surface area contributed by atoms with Crippen LogP contribution < -0.4 is 4.74 Å². The van der Waals surface area contributed by atoms with Gasteiger partial charge in [0.05, 0.1) is 11.1 Å². The highest BCUT2D eigenvalue weighted by molar-refractivity contribution is 14.1. The van der Waals surface area contributed by atoms with Crippen LogP contribution in [0.4, 0.5) is 0 Å². The van der Waals surface area contributed by atoms with Crippen LogP contribution in [-0.4, -0.2) is 6.10 Å². The fourth-order valence-corrected chi connectivity index (χ4v) is 1.43. The van der Waals surface area contributed by atoms with Crippen molar-refractivity contribution < 1.29 is 4.74 Å². The van der Waals surface area contributed by atoms with Gasteiger partial charge in [-0.1, -0.05) is 11.6 Å². The summed E-state index contributed by atoms with van der Waals surface area (Å²) in [7, 11) is 0. The van der Waals surface area contributed by atoms with Crippen molar-refractivity contribution in [3.05, 3.63) is 26.8 Å². The predicted octanol–water partition coefficient (Wildman–Crippen LogP) is 3.73. The largest absolute Gasteiger partial charge is 0.491 e. The topological polar surface area (TPSA) is 9.23 Å². The highest BCUT2D eigenvalue weighted by Crippen LogP contribution is 2.23. The Labute approximate surface area is 91.2 Å². The van der Waals surface area contributed by atoms with E-state index in [1.54, 1.807) is 0 Å². The SMILES string of the molecule is CC(C)Oc1ccc(Cl)c(I)c1. The highest BCUT2D eigenvalue weighted by atomic mass is 127. The van der Waals surface area contributed by atoms with Gasteiger partial charge in [0.1, 0.15) is 5.75 Å². The molecule has 0 unspecified atom stereocenters. The highest BCUT2D eigenvalue weighted by Gasteiger charge is 2.00. The molecular formula is C9H10ClIO. The lowest BCUT2D eigenvalue weighted by Gasteiger charge is -2.09. The Balaban J connectivity index is 2.82. The molecule has 0 aromatic heterocycles. The molecule has 1 aromatic carbocycles. The first kappa shape index (κ1) is 10.1. The van der Waals surface area contributed by atoms with Gasteiger partial charge in [-0.05, 0) is 54.6 Å². The quantitative estimate of drug-likeness (QED) is 0.756. The molecule has 0 N–H and O–H groups in total. The molecular weight excluding hydrogens is 286 g/mol. The Kier molecular flexibility index (Phi) is 3.65. The molecule has 66 valence electrons. The molecule has 0 heterocycles. The van der Waals surface area contributed by atoms with Gasteiger partial charge in [-0.3, -0.25) is 0 Å². The average molecular weight is 297 g/mol. The predicted molar refractivity (Wildman–Crippen MR) is 59.9 cm³/mol. The minimum Gasteiger partial charge on any atom is -0.491 e. The molecule has 1 nitrogen and oxygen atoms in total. The molecule has 0 bridgehead atoms. The summed E-state index contributed by atoms with van der Waals surface area (Å²) >= 11 is 8.04. The molecule has 3 heteroatoms. The van der Waals surface area contributed by atoms with Gasteiger partial charge in [0.25, 0.3) is 0 Å². The first-order valence-corrected chi connectivity index (χ1v) is 5.17. The van der Waals surface area contributed by atoms with Crippen molar-refractivity contribution in [1.82, 2.24) is 0 Å². The zero-order valence-electron chi connectivity index (χ0n) is 6.97. The van der Waals surface area contributed by atoms with Crippen LogP contribution in [0.1, 0.15) is 13.8 Å². The maximum Gasteiger partial charge on any atom is 0.120 e. The number of halogens is 2. The molecule has 0 radical (unpaired) electrons. The van der Waals surface area contributed by atoms with E-state index in [1.165, 1.54) is 0 Å². The molecule has 0 saturated heterocycles. The number of rotatable bonds is 2. The van der Waals surface area contributed by atoms with E-state index in [1.807, 2.05) is 32.0 Å². The van der Waals surface area contributed by atoms with Crippen molar-refractivity contribution in [2.24, 2.45) is 0 Å². The number of hydrogen-bond donors (Lipinski definition) is 0. The van der Waals surface area contributed by atoms with E-state index in [4.69, 9.17) is 16.3 Å². The molecule has 0 amide bonds. The summed E-state index contributed by atoms with van der Waals surface area (Å²) in [5.74, 6) is 0.874. The zero-order valence-corrected chi connectivity index (χ0v) is 9.89. The average Bonchev–Trinajstić information content (AvgIpc) is 1.96. The van der Waals surface area contributed by atoms with E-state index in [2.05, 4.69) is 22.6 Å². The Morgan fingerprint density at radius 3 is 2.58 bits per heavy atom. The molecule has 0 spiro atoms. The van der Waals surface area contributed by atoms with Crippen molar-refractivity contribution in [3.63, 3.8) is 0 Å². The smallest absolute Gasteiger partial charge is 0.120 e. The number of hydrogen-bond acceptors (Lipinski definition) is 1. The van der Waals surface area contributed by atoms with Gasteiger partial charge in [-0.15, -0.1) is 0 Å². The lowest BCUT2D eigenvalue weighted by Crippen LogP contribution is -2.05. The molecule has 0 atom stereocenters. The molecule has 12 heavy (non-hydrogen) atoms. The van der Waals surface area contributed by atoms with Crippen molar-refractivity contribution in [3.8, 4) is 5.75 Å². The summed E-state index contributed by atoms with van der Waals surface area (Å²) < 4.78 is 6.51. The summed E-state index contributed by atoms with van der Waals surface area (Å²) in [6.45, 7) is 4.00. The Morgan fingerprint density at radius 2 is 2.08 bits per heavy atom. The van der Waals surface area contributed by atoms with Gasteiger partial charge < -0.3 is 4.74 Å². The Bertz CT molecular complexity index is 273. The van der Waals surface area contributed by atoms with Crippen molar-refractivity contribution in [2.75, 3.05) is 0 Å². The van der Waals surface area contributed by atoms with Crippen molar-refractivity contribution in [1.29, 1.82) is 0 Å². The third kappa shape index (κ3) is 2.83. The fraction of sp³-hybridized carbons (Fsp3) is 0.333. The third-order valence-electron chi connectivity index (χ3n) is 1.26. The fourth-order valence-electron chi connectivity index (χ4n) is 0.822. The van der Waals surface area contributed by atoms with E-state index in [-0.39, 0.29) is 6.10 Å². The van der Waals surface area contributed by atoms with E-state index in [0.717, 1.165) is 14.3 Å². The van der Waals surface area contributed by atoms with Crippen LogP contribution in [0.2, 0.25) is 5.02 Å². The minimum absolute atomic E-state index is 0.210. The molecule has 0 saturated carbocycles. The van der Waals surface area contributed by atoms with E-state index in [9.17, 15) is 0 Å². The van der Waals surface area contributed by atoms with Crippen molar-refractivity contribution >= 4 is 34.2 Å². The van der Waals surface area contributed by atoms with Gasteiger partial charge >= 0.3 is 0 Å². The second kappa shape index (κ2) is 4.33. The summed E-state index contributed by atoms with van der Waals surface area (Å²) in [5, 5.41) is 0.770. The maximum absolute atomic E-state index is 5.85. The van der Waals surface area contributed by atoms with Crippen LogP contribution in [0.25, 0.3) is 0 Å². The summed E-state index contributed by atoms with van der Waals surface area (Å²) in [6.07, 6.45) is 0.210. The summed E-state index contributed by atoms with van der Waals surface area (Å²) in [6, 6.07) is 5.66. The lowest BCUT2D eigenvalue weighted by molar-refractivity contribution is 0.242. The second-order valence-corrected chi connectivity index (χ2v) is 4.31. The van der Waals surface area contributed by atoms with Crippen molar-refractivity contribution in [2.45, 2.75) is 20.0 Å². The molecule has 1 aromatic rings. The van der Waals surface area contributed by atoms with E-state index in [0.29, 0.717) is 0 Å². The van der Waals surface area contributed by atoms with Gasteiger partial charge in [0.15, 0.2) is 0 Å². The Hall–Kier alpha value is 0.0400. The molecule has 0 fully saturated rings. The lowest BCUT2D eigenvalue weighted by atomic mass is 10.3. The second-order valence-electron chi connectivity index (χ2n) is 2.74. The van der Waals surface area contributed by atoms with Gasteiger partial charge in [0.2, 0.25) is 0 Å². The number of ether oxygens (including phenoxy) is 1. The van der Waals surface area contributed by atoms with Crippen LogP contribution in [-0.2, 0) is 0 Å². The monoisotopic (exact) mass is 296 g/mol. The number of benzene rings is 1. The zero-order chi connectivity index (χ0) is 9.14. The summed E-state index contributed by atoms with van der Waals surface area (Å²) in [5.41, 5.74) is 0. The van der Waals surface area contributed by atoms with Gasteiger partial charge in [0, 0.05) is 3.57 Å².